The normalized spacial score (nSPS) is 11.9. The van der Waals surface area contributed by atoms with Gasteiger partial charge in [-0.15, -0.1) is 10.2 Å². The number of pyridine rings is 1. The molecule has 4 rings (SSSR count). The van der Waals surface area contributed by atoms with Crippen LogP contribution in [0.2, 0.25) is 0 Å². The Bertz CT molecular complexity index is 1290. The van der Waals surface area contributed by atoms with Gasteiger partial charge in [-0.05, 0) is 26.0 Å². The first-order valence-electron chi connectivity index (χ1n) is 10.1. The number of hydrogen-bond donors (Lipinski definition) is 2. The number of hydrogen-bond acceptors (Lipinski definition) is 6. The van der Waals surface area contributed by atoms with Crippen molar-refractivity contribution < 1.29 is 9.59 Å². The first kappa shape index (κ1) is 21.5. The van der Waals surface area contributed by atoms with Crippen LogP contribution >= 0.6 is 11.8 Å². The Kier molecular flexibility index (Phi) is 6.18. The zero-order chi connectivity index (χ0) is 22.7. The van der Waals surface area contributed by atoms with Gasteiger partial charge in [0.05, 0.1) is 16.5 Å². The van der Waals surface area contributed by atoms with Crippen LogP contribution in [0.5, 0.6) is 0 Å². The largest absolute Gasteiger partial charge is 0.351 e. The third-order valence-electron chi connectivity index (χ3n) is 4.96. The van der Waals surface area contributed by atoms with Crippen LogP contribution in [0.4, 0.5) is 4.79 Å². The summed E-state index contributed by atoms with van der Waals surface area (Å²) in [6.07, 6.45) is 0. The van der Waals surface area contributed by atoms with E-state index in [1.165, 1.54) is 11.8 Å². The van der Waals surface area contributed by atoms with Gasteiger partial charge in [-0.3, -0.25) is 10.1 Å². The van der Waals surface area contributed by atoms with E-state index in [-0.39, 0.29) is 0 Å². The number of rotatable bonds is 6. The second-order valence-electron chi connectivity index (χ2n) is 7.10. The highest BCUT2D eigenvalue weighted by Gasteiger charge is 2.22. The number of amides is 3. The van der Waals surface area contributed by atoms with Crippen molar-refractivity contribution in [1.29, 1.82) is 0 Å². The molecule has 1 atom stereocenters. The lowest BCUT2D eigenvalue weighted by Gasteiger charge is -2.13. The first-order chi connectivity index (χ1) is 15.5. The summed E-state index contributed by atoms with van der Waals surface area (Å²) in [4.78, 5) is 27.9. The highest BCUT2D eigenvalue weighted by atomic mass is 32.2. The summed E-state index contributed by atoms with van der Waals surface area (Å²) in [5.41, 5.74) is 8.67. The topological polar surface area (TPSA) is 116 Å². The fourth-order valence-electron chi connectivity index (χ4n) is 3.41. The van der Waals surface area contributed by atoms with Gasteiger partial charge in [0.1, 0.15) is 0 Å². The van der Waals surface area contributed by atoms with Crippen molar-refractivity contribution in [2.24, 2.45) is 5.73 Å². The Labute approximate surface area is 189 Å². The molecule has 0 aliphatic heterocycles. The fraction of sp³-hybridized carbons (Fsp3) is 0.174. The van der Waals surface area contributed by atoms with Gasteiger partial charge in [0, 0.05) is 23.1 Å². The molecule has 0 fully saturated rings. The van der Waals surface area contributed by atoms with E-state index >= 15 is 0 Å². The number of carbonyl (C=O) groups is 2. The second-order valence-corrected chi connectivity index (χ2v) is 8.41. The lowest BCUT2D eigenvalue weighted by atomic mass is 10.0. The van der Waals surface area contributed by atoms with E-state index < -0.39 is 17.2 Å². The summed E-state index contributed by atoms with van der Waals surface area (Å²) >= 11 is 1.22. The highest BCUT2D eigenvalue weighted by molar-refractivity contribution is 8.00. The Hall–Kier alpha value is -3.72. The Morgan fingerprint density at radius 2 is 1.81 bits per heavy atom. The van der Waals surface area contributed by atoms with Gasteiger partial charge in [-0.2, -0.15) is 0 Å². The van der Waals surface area contributed by atoms with Crippen molar-refractivity contribution >= 4 is 34.6 Å². The van der Waals surface area contributed by atoms with Gasteiger partial charge in [0.2, 0.25) is 5.91 Å². The van der Waals surface area contributed by atoms with Crippen molar-refractivity contribution in [3.63, 3.8) is 0 Å². The number of nitrogens with one attached hydrogen (secondary N) is 1. The van der Waals surface area contributed by atoms with Crippen LogP contribution in [-0.4, -0.2) is 36.9 Å². The fourth-order valence-corrected chi connectivity index (χ4v) is 4.33. The molecule has 2 heterocycles. The smallest absolute Gasteiger partial charge is 0.318 e. The number of aromatic nitrogens is 4. The van der Waals surface area contributed by atoms with Crippen LogP contribution in [0.15, 0.2) is 65.8 Å². The number of urea groups is 1. The molecule has 3 N–H and O–H groups in total. The van der Waals surface area contributed by atoms with Crippen LogP contribution in [0.3, 0.4) is 0 Å². The second kappa shape index (κ2) is 9.19. The number of para-hydroxylation sites is 1. The van der Waals surface area contributed by atoms with E-state index in [9.17, 15) is 9.59 Å². The zero-order valence-electron chi connectivity index (χ0n) is 17.6. The summed E-state index contributed by atoms with van der Waals surface area (Å²) in [5, 5.41) is 11.9. The molecule has 2 aromatic heterocycles. The molecule has 3 amide bonds. The van der Waals surface area contributed by atoms with Crippen molar-refractivity contribution in [3.05, 3.63) is 60.7 Å². The van der Waals surface area contributed by atoms with Gasteiger partial charge >= 0.3 is 6.03 Å². The monoisotopic (exact) mass is 446 g/mol. The molecular formula is C23H22N6O2S. The van der Waals surface area contributed by atoms with Crippen LogP contribution in [-0.2, 0) is 11.3 Å². The van der Waals surface area contributed by atoms with Gasteiger partial charge < -0.3 is 10.3 Å². The van der Waals surface area contributed by atoms with Gasteiger partial charge in [0.25, 0.3) is 0 Å². The SMILES string of the molecule is CCn1c(SC(C)C(=O)NC(N)=O)nnc1-c1cc(-c2ccccc2)nc2ccccc12. The van der Waals surface area contributed by atoms with E-state index in [2.05, 4.69) is 15.5 Å². The molecule has 2 aromatic carbocycles. The van der Waals surface area contributed by atoms with Gasteiger partial charge in [0.15, 0.2) is 11.0 Å². The third kappa shape index (κ3) is 4.33. The van der Waals surface area contributed by atoms with Crippen molar-refractivity contribution in [2.75, 3.05) is 0 Å². The summed E-state index contributed by atoms with van der Waals surface area (Å²) in [7, 11) is 0. The van der Waals surface area contributed by atoms with Gasteiger partial charge in [-0.25, -0.2) is 9.78 Å². The maximum Gasteiger partial charge on any atom is 0.318 e. The summed E-state index contributed by atoms with van der Waals surface area (Å²) in [6, 6.07) is 19.0. The highest BCUT2D eigenvalue weighted by Crippen LogP contribution is 2.33. The molecule has 4 aromatic rings. The average Bonchev–Trinajstić information content (AvgIpc) is 3.20. The maximum atomic E-state index is 12.1. The number of fused-ring (bicyclic) bond motifs is 1. The van der Waals surface area contributed by atoms with Crippen LogP contribution in [0.25, 0.3) is 33.5 Å². The number of nitrogens with zero attached hydrogens (tertiary/aromatic N) is 4. The van der Waals surface area contributed by atoms with Gasteiger partial charge in [-0.1, -0.05) is 60.3 Å². The van der Waals surface area contributed by atoms with Crippen molar-refractivity contribution in [3.8, 4) is 22.6 Å². The molecule has 0 saturated carbocycles. The number of nitrogens with two attached hydrogens (primary N) is 1. The minimum Gasteiger partial charge on any atom is -0.351 e. The van der Waals surface area contributed by atoms with E-state index in [0.717, 1.165) is 27.7 Å². The lowest BCUT2D eigenvalue weighted by Crippen LogP contribution is -2.39. The number of imide groups is 1. The Morgan fingerprint density at radius 3 is 2.53 bits per heavy atom. The number of primary amides is 1. The molecule has 162 valence electrons. The molecule has 0 aliphatic carbocycles. The molecule has 9 heteroatoms. The Balaban J connectivity index is 1.79. The molecule has 32 heavy (non-hydrogen) atoms. The predicted octanol–water partition coefficient (Wildman–Crippen LogP) is 3.86. The molecule has 0 radical (unpaired) electrons. The summed E-state index contributed by atoms with van der Waals surface area (Å²) in [5.74, 6) is 0.212. The minimum absolute atomic E-state index is 0.476. The third-order valence-corrected chi connectivity index (χ3v) is 6.04. The van der Waals surface area contributed by atoms with E-state index in [1.807, 2.05) is 72.2 Å². The predicted molar refractivity (Wildman–Crippen MR) is 125 cm³/mol. The molecule has 0 aliphatic rings. The standard InChI is InChI=1S/C23H22N6O2S/c1-3-29-20(27-28-23(29)32-14(2)21(30)26-22(24)31)17-13-19(15-9-5-4-6-10-15)25-18-12-8-7-11-16(17)18/h4-14H,3H2,1-2H3,(H3,24,26,30,31). The number of benzene rings is 2. The molecule has 0 bridgehead atoms. The average molecular weight is 447 g/mol. The molecular weight excluding hydrogens is 424 g/mol. The summed E-state index contributed by atoms with van der Waals surface area (Å²) < 4.78 is 1.95. The number of carbonyl (C=O) groups excluding carboxylic acids is 2. The van der Waals surface area contributed by atoms with Crippen LogP contribution in [0, 0.1) is 0 Å². The Morgan fingerprint density at radius 1 is 1.09 bits per heavy atom. The van der Waals surface area contributed by atoms with E-state index in [4.69, 9.17) is 10.7 Å². The van der Waals surface area contributed by atoms with Crippen LogP contribution in [0.1, 0.15) is 13.8 Å². The first-order valence-corrected chi connectivity index (χ1v) is 11.0. The van der Waals surface area contributed by atoms with Crippen molar-refractivity contribution in [1.82, 2.24) is 25.1 Å². The van der Waals surface area contributed by atoms with E-state index in [0.29, 0.717) is 17.5 Å². The lowest BCUT2D eigenvalue weighted by molar-refractivity contribution is -0.119. The summed E-state index contributed by atoms with van der Waals surface area (Å²) in [6.45, 7) is 4.28. The van der Waals surface area contributed by atoms with Crippen LogP contribution < -0.4 is 11.1 Å². The molecule has 0 spiro atoms. The quantitative estimate of drug-likeness (QED) is 0.435. The zero-order valence-corrected chi connectivity index (χ0v) is 18.5. The minimum atomic E-state index is -0.878. The van der Waals surface area contributed by atoms with Crippen molar-refractivity contribution in [2.45, 2.75) is 30.8 Å². The number of thioether (sulfide) groups is 1. The molecule has 0 saturated heterocycles. The molecule has 8 nitrogen and oxygen atoms in total. The molecule has 1 unspecified atom stereocenters. The maximum absolute atomic E-state index is 12.1. The van der Waals surface area contributed by atoms with E-state index in [1.54, 1.807) is 6.92 Å².